The van der Waals surface area contributed by atoms with Crippen LogP contribution in [-0.2, 0) is 0 Å². The summed E-state index contributed by atoms with van der Waals surface area (Å²) in [5.74, 6) is 1.02. The lowest BCUT2D eigenvalue weighted by atomic mass is 9.96. The van der Waals surface area contributed by atoms with Gasteiger partial charge in [-0.05, 0) is 91.4 Å². The molecule has 0 aliphatic heterocycles. The largest absolute Gasteiger partial charge is 0.507 e. The molecule has 3 nitrogen and oxygen atoms in total. The molecule has 0 aliphatic rings. The fraction of sp³-hybridized carbons (Fsp3) is 0.333. The second kappa shape index (κ2) is 8.30. The van der Waals surface area contributed by atoms with Crippen molar-refractivity contribution < 1.29 is 14.9 Å². The Kier molecular flexibility index (Phi) is 7.04. The number of phenolic OH excluding ortho intramolecular Hbond substituents is 1. The van der Waals surface area contributed by atoms with Crippen molar-refractivity contribution in [2.45, 2.75) is 27.7 Å². The highest BCUT2D eigenvalue weighted by molar-refractivity contribution is 9.11. The third-order valence-electron chi connectivity index (χ3n) is 4.17. The quantitative estimate of drug-likeness (QED) is 0.409. The normalized spacial score (nSPS) is 11.1. The van der Waals surface area contributed by atoms with Crippen molar-refractivity contribution in [3.05, 3.63) is 40.1 Å². The summed E-state index contributed by atoms with van der Waals surface area (Å²) >= 11 is 14.7. The van der Waals surface area contributed by atoms with E-state index in [1.165, 1.54) is 0 Å². The lowest BCUT2D eigenvalue weighted by Gasteiger charge is -2.22. The van der Waals surface area contributed by atoms with Crippen LogP contribution in [0.25, 0.3) is 11.1 Å². The van der Waals surface area contributed by atoms with Gasteiger partial charge in [-0.3, -0.25) is 0 Å². The molecule has 2 aromatic carbocycles. The first-order chi connectivity index (χ1) is 11.6. The van der Waals surface area contributed by atoms with E-state index in [0.29, 0.717) is 0 Å². The Morgan fingerprint density at radius 2 is 1.08 bits per heavy atom. The summed E-state index contributed by atoms with van der Waals surface area (Å²) in [6.45, 7) is 7.91. The van der Waals surface area contributed by atoms with Gasteiger partial charge in [0.1, 0.15) is 18.1 Å². The Labute approximate surface area is 181 Å². The molecule has 0 amide bonds. The highest BCUT2D eigenvalue weighted by Gasteiger charge is 2.25. The number of rotatable bonds is 4. The maximum absolute atomic E-state index is 10.3. The van der Waals surface area contributed by atoms with Crippen molar-refractivity contribution in [3.8, 4) is 22.6 Å². The maximum atomic E-state index is 10.3. The number of benzene rings is 2. The molecule has 0 spiro atoms. The van der Waals surface area contributed by atoms with Crippen LogP contribution in [0, 0.1) is 27.7 Å². The van der Waals surface area contributed by atoms with Crippen molar-refractivity contribution in [3.63, 3.8) is 0 Å². The number of hydrogen-bond donors (Lipinski definition) is 2. The summed E-state index contributed by atoms with van der Waals surface area (Å²) in [6, 6.07) is 0. The fourth-order valence-corrected chi connectivity index (χ4v) is 5.57. The number of hydrogen-bond acceptors (Lipinski definition) is 3. The Morgan fingerprint density at radius 1 is 0.720 bits per heavy atom. The average Bonchev–Trinajstić information content (AvgIpc) is 2.59. The van der Waals surface area contributed by atoms with Crippen LogP contribution in [0.5, 0.6) is 11.5 Å². The zero-order valence-electron chi connectivity index (χ0n) is 14.2. The number of phenols is 1. The SMILES string of the molecule is Cc1c(O)c(C)c(Br)c(-c2c(Br)c(C)c(OCCO)c(C)c2Br)c1Br. The molecule has 0 unspecified atom stereocenters. The Balaban J connectivity index is 2.87. The van der Waals surface area contributed by atoms with Gasteiger partial charge < -0.3 is 14.9 Å². The van der Waals surface area contributed by atoms with Crippen molar-refractivity contribution in [2.75, 3.05) is 13.2 Å². The minimum atomic E-state index is -0.0384. The molecule has 0 fully saturated rings. The zero-order chi connectivity index (χ0) is 19.0. The number of aromatic hydroxyl groups is 1. The molecule has 2 N–H and O–H groups in total. The van der Waals surface area contributed by atoms with Gasteiger partial charge in [0.05, 0.1) is 6.61 Å². The van der Waals surface area contributed by atoms with Gasteiger partial charge in [-0.1, -0.05) is 0 Å². The van der Waals surface area contributed by atoms with Crippen LogP contribution in [0.15, 0.2) is 17.9 Å². The third-order valence-corrected chi connectivity index (χ3v) is 8.14. The number of halogens is 4. The zero-order valence-corrected chi connectivity index (χ0v) is 20.6. The van der Waals surface area contributed by atoms with Crippen LogP contribution in [0.2, 0.25) is 0 Å². The highest BCUT2D eigenvalue weighted by Crippen LogP contribution is 2.51. The highest BCUT2D eigenvalue weighted by atomic mass is 79.9. The van der Waals surface area contributed by atoms with Gasteiger partial charge >= 0.3 is 0 Å². The van der Waals surface area contributed by atoms with E-state index in [9.17, 15) is 5.11 Å². The van der Waals surface area contributed by atoms with Crippen LogP contribution in [0.1, 0.15) is 22.3 Å². The van der Waals surface area contributed by atoms with Crippen LogP contribution in [0.4, 0.5) is 0 Å². The van der Waals surface area contributed by atoms with Crippen molar-refractivity contribution in [2.24, 2.45) is 0 Å². The van der Waals surface area contributed by atoms with Crippen molar-refractivity contribution >= 4 is 63.7 Å². The summed E-state index contributed by atoms with van der Waals surface area (Å²) < 4.78 is 9.16. The van der Waals surface area contributed by atoms with Gasteiger partial charge in [0, 0.05) is 51.3 Å². The van der Waals surface area contributed by atoms with E-state index in [1.54, 1.807) is 0 Å². The second-order valence-electron chi connectivity index (χ2n) is 5.76. The van der Waals surface area contributed by atoms with Gasteiger partial charge in [0.25, 0.3) is 0 Å². The van der Waals surface area contributed by atoms with E-state index in [2.05, 4.69) is 63.7 Å². The molecule has 0 saturated heterocycles. The number of aliphatic hydroxyl groups excluding tert-OH is 1. The Bertz CT molecular complexity index is 789. The average molecular weight is 602 g/mol. The molecule has 2 aromatic rings. The molecule has 136 valence electrons. The maximum Gasteiger partial charge on any atom is 0.127 e. The van der Waals surface area contributed by atoms with E-state index in [-0.39, 0.29) is 19.0 Å². The monoisotopic (exact) mass is 598 g/mol. The summed E-state index contributed by atoms with van der Waals surface area (Å²) in [5.41, 5.74) is 5.39. The summed E-state index contributed by atoms with van der Waals surface area (Å²) in [6.07, 6.45) is 0. The van der Waals surface area contributed by atoms with E-state index in [4.69, 9.17) is 9.84 Å². The minimum absolute atomic E-state index is 0.0384. The first-order valence-corrected chi connectivity index (χ1v) is 10.7. The predicted molar refractivity (Wildman–Crippen MR) is 116 cm³/mol. The van der Waals surface area contributed by atoms with E-state index < -0.39 is 0 Å². The van der Waals surface area contributed by atoms with Crippen molar-refractivity contribution in [1.29, 1.82) is 0 Å². The van der Waals surface area contributed by atoms with Gasteiger partial charge in [-0.2, -0.15) is 0 Å². The molecular formula is C18H18Br4O3. The molecule has 2 rings (SSSR count). The topological polar surface area (TPSA) is 49.7 Å². The number of ether oxygens (including phenoxy) is 1. The molecule has 0 saturated carbocycles. The first-order valence-electron chi connectivity index (χ1n) is 7.54. The molecular weight excluding hydrogens is 584 g/mol. The second-order valence-corrected chi connectivity index (χ2v) is 8.93. The summed E-state index contributed by atoms with van der Waals surface area (Å²) in [4.78, 5) is 0. The van der Waals surface area contributed by atoms with E-state index in [1.807, 2.05) is 27.7 Å². The summed E-state index contributed by atoms with van der Waals surface area (Å²) in [7, 11) is 0. The molecule has 25 heavy (non-hydrogen) atoms. The Morgan fingerprint density at radius 3 is 1.44 bits per heavy atom. The lowest BCUT2D eigenvalue weighted by Crippen LogP contribution is -2.06. The van der Waals surface area contributed by atoms with Crippen LogP contribution in [-0.4, -0.2) is 23.4 Å². The molecule has 7 heteroatoms. The first kappa shape index (κ1) is 21.2. The van der Waals surface area contributed by atoms with Gasteiger partial charge in [0.15, 0.2) is 0 Å². The van der Waals surface area contributed by atoms with E-state index >= 15 is 0 Å². The minimum Gasteiger partial charge on any atom is -0.507 e. The van der Waals surface area contributed by atoms with Crippen LogP contribution < -0.4 is 4.74 Å². The van der Waals surface area contributed by atoms with Crippen molar-refractivity contribution in [1.82, 2.24) is 0 Å². The fourth-order valence-electron chi connectivity index (χ4n) is 2.72. The lowest BCUT2D eigenvalue weighted by molar-refractivity contribution is 0.200. The van der Waals surface area contributed by atoms with Gasteiger partial charge in [-0.25, -0.2) is 0 Å². The Hall–Kier alpha value is -0.0800. The predicted octanol–water partition coefficient (Wildman–Crippen LogP) is 6.71. The molecule has 0 bridgehead atoms. The molecule has 0 heterocycles. The van der Waals surface area contributed by atoms with E-state index in [0.717, 1.165) is 57.0 Å². The van der Waals surface area contributed by atoms with Gasteiger partial charge in [0.2, 0.25) is 0 Å². The number of aliphatic hydroxyl groups is 1. The van der Waals surface area contributed by atoms with Crippen LogP contribution >= 0.6 is 63.7 Å². The molecule has 0 radical (unpaired) electrons. The molecule has 0 aliphatic carbocycles. The molecule has 0 aromatic heterocycles. The molecule has 0 atom stereocenters. The summed E-state index contributed by atoms with van der Waals surface area (Å²) in [5, 5.41) is 19.4. The van der Waals surface area contributed by atoms with Crippen LogP contribution in [0.3, 0.4) is 0 Å². The van der Waals surface area contributed by atoms with Gasteiger partial charge in [-0.15, -0.1) is 0 Å². The third kappa shape index (κ3) is 3.68. The smallest absolute Gasteiger partial charge is 0.127 e. The standard InChI is InChI=1S/C18H18Br4O3/c1-7-13(19)11(14(20)8(2)17(7)24)12-15(21)9(3)18(25-6-5-23)10(4)16(12)22/h23-24H,5-6H2,1-4H3.